The fraction of sp³-hybridized carbons (Fsp3) is 0.150. The van der Waals surface area contributed by atoms with E-state index in [0.717, 1.165) is 7.11 Å². The molecule has 2 N–H and O–H groups in total. The number of oxazole rings is 1. The highest BCUT2D eigenvalue weighted by molar-refractivity contribution is 6.31. The normalized spacial score (nSPS) is 16.7. The summed E-state index contributed by atoms with van der Waals surface area (Å²) < 4.78 is 51.7. The zero-order valence-corrected chi connectivity index (χ0v) is 16.6. The third-order valence-corrected chi connectivity index (χ3v) is 4.80. The number of allylic oxidation sites excluding steroid dienone is 1. The SMILES string of the molecule is COC(=O)C1=C(C(F)(F)F)NC(Nc2nc3ccccc3o2)=NC1c1ccccc1Cl. The smallest absolute Gasteiger partial charge is 0.431 e. The van der Waals surface area contributed by atoms with E-state index in [1.807, 2.05) is 0 Å². The van der Waals surface area contributed by atoms with E-state index in [1.165, 1.54) is 12.1 Å². The van der Waals surface area contributed by atoms with Gasteiger partial charge in [0, 0.05) is 10.6 Å². The first kappa shape index (κ1) is 20.7. The largest absolute Gasteiger partial charge is 0.466 e. The fourth-order valence-corrected chi connectivity index (χ4v) is 3.35. The molecule has 1 unspecified atom stereocenters. The van der Waals surface area contributed by atoms with E-state index in [0.29, 0.717) is 11.1 Å². The van der Waals surface area contributed by atoms with Crippen LogP contribution in [0.2, 0.25) is 5.02 Å². The monoisotopic (exact) mass is 450 g/mol. The lowest BCUT2D eigenvalue weighted by Crippen LogP contribution is -2.42. The first-order chi connectivity index (χ1) is 14.8. The zero-order valence-electron chi connectivity index (χ0n) is 15.8. The predicted molar refractivity (Wildman–Crippen MR) is 107 cm³/mol. The lowest BCUT2D eigenvalue weighted by molar-refractivity contribution is -0.138. The van der Waals surface area contributed by atoms with Gasteiger partial charge in [-0.2, -0.15) is 18.2 Å². The molecule has 0 saturated carbocycles. The van der Waals surface area contributed by atoms with Crippen LogP contribution in [0.4, 0.5) is 19.2 Å². The van der Waals surface area contributed by atoms with Crippen molar-refractivity contribution in [3.8, 4) is 0 Å². The summed E-state index contributed by atoms with van der Waals surface area (Å²) in [5.74, 6) is -1.51. The number of aliphatic imine (C=N–C) groups is 1. The molecule has 4 rings (SSSR count). The van der Waals surface area contributed by atoms with Crippen molar-refractivity contribution < 1.29 is 27.1 Å². The average Bonchev–Trinajstić information content (AvgIpc) is 3.14. The molecule has 0 amide bonds. The molecule has 2 heterocycles. The molecule has 1 aliphatic heterocycles. The first-order valence-corrected chi connectivity index (χ1v) is 9.27. The van der Waals surface area contributed by atoms with Gasteiger partial charge in [0.05, 0.1) is 12.7 Å². The number of halogens is 4. The molecular weight excluding hydrogens is 437 g/mol. The molecule has 7 nitrogen and oxygen atoms in total. The summed E-state index contributed by atoms with van der Waals surface area (Å²) in [5, 5.41) is 4.86. The summed E-state index contributed by atoms with van der Waals surface area (Å²) >= 11 is 6.20. The number of guanidine groups is 1. The van der Waals surface area contributed by atoms with Crippen molar-refractivity contribution in [2.75, 3.05) is 12.4 Å². The minimum absolute atomic E-state index is 0.0756. The molecule has 3 aromatic rings. The quantitative estimate of drug-likeness (QED) is 0.568. The Morgan fingerprint density at radius 2 is 1.90 bits per heavy atom. The van der Waals surface area contributed by atoms with Crippen LogP contribution >= 0.6 is 11.6 Å². The molecule has 1 aliphatic rings. The zero-order chi connectivity index (χ0) is 22.2. The summed E-state index contributed by atoms with van der Waals surface area (Å²) in [6.45, 7) is 0. The minimum Gasteiger partial charge on any atom is -0.466 e. The maximum absolute atomic E-state index is 13.9. The molecule has 31 heavy (non-hydrogen) atoms. The van der Waals surface area contributed by atoms with E-state index in [4.69, 9.17) is 16.0 Å². The van der Waals surface area contributed by atoms with Crippen LogP contribution in [0.15, 0.2) is 69.2 Å². The number of rotatable bonds is 3. The van der Waals surface area contributed by atoms with Crippen LogP contribution in [0.1, 0.15) is 11.6 Å². The number of nitrogens with one attached hydrogen (secondary N) is 2. The van der Waals surface area contributed by atoms with Gasteiger partial charge < -0.3 is 14.5 Å². The highest BCUT2D eigenvalue weighted by atomic mass is 35.5. The number of hydrogen-bond acceptors (Lipinski definition) is 7. The third kappa shape index (κ3) is 4.06. The van der Waals surface area contributed by atoms with Crippen LogP contribution in [-0.4, -0.2) is 30.2 Å². The molecule has 1 atom stereocenters. The lowest BCUT2D eigenvalue weighted by atomic mass is 9.95. The van der Waals surface area contributed by atoms with Gasteiger partial charge in [0.25, 0.3) is 0 Å². The second kappa shape index (κ2) is 7.95. The van der Waals surface area contributed by atoms with Crippen molar-refractivity contribution in [1.82, 2.24) is 10.3 Å². The summed E-state index contributed by atoms with van der Waals surface area (Å²) in [4.78, 5) is 20.7. The van der Waals surface area contributed by atoms with Crippen molar-refractivity contribution in [2.45, 2.75) is 12.2 Å². The maximum Gasteiger partial charge on any atom is 0.431 e. The van der Waals surface area contributed by atoms with E-state index in [1.54, 1.807) is 36.4 Å². The van der Waals surface area contributed by atoms with Crippen molar-refractivity contribution in [2.24, 2.45) is 4.99 Å². The Hall–Kier alpha value is -3.53. The number of fused-ring (bicyclic) bond motifs is 1. The number of hydrogen-bond donors (Lipinski definition) is 2. The van der Waals surface area contributed by atoms with Crippen LogP contribution in [0, 0.1) is 0 Å². The second-order valence-corrected chi connectivity index (χ2v) is 6.82. The number of benzene rings is 2. The van der Waals surface area contributed by atoms with Crippen molar-refractivity contribution in [3.05, 3.63) is 70.4 Å². The Morgan fingerprint density at radius 3 is 2.58 bits per heavy atom. The molecule has 1 aromatic heterocycles. The van der Waals surface area contributed by atoms with Crippen molar-refractivity contribution >= 4 is 40.6 Å². The number of aromatic nitrogens is 1. The highest BCUT2D eigenvalue weighted by Crippen LogP contribution is 2.39. The summed E-state index contributed by atoms with van der Waals surface area (Å²) in [7, 11) is 0.989. The number of ether oxygens (including phenoxy) is 1. The van der Waals surface area contributed by atoms with Gasteiger partial charge in [0.15, 0.2) is 5.58 Å². The molecule has 160 valence electrons. The van der Waals surface area contributed by atoms with Crippen LogP contribution in [-0.2, 0) is 9.53 Å². The van der Waals surface area contributed by atoms with Crippen molar-refractivity contribution in [3.63, 3.8) is 0 Å². The summed E-state index contributed by atoms with van der Waals surface area (Å²) in [6.07, 6.45) is -4.91. The second-order valence-electron chi connectivity index (χ2n) is 6.42. The molecule has 0 radical (unpaired) electrons. The standard InChI is InChI=1S/C20H14ClF3N4O3/c1-30-17(29)14-15(10-6-2-3-7-11(10)21)26-18(27-16(14)20(22,23)24)28-19-25-12-8-4-5-9-13(12)31-19/h2-9,15H,1H3,(H2,25,26,27,28). The van der Waals surface area contributed by atoms with Gasteiger partial charge in [-0.05, 0) is 18.2 Å². The summed E-state index contributed by atoms with van der Waals surface area (Å²) in [6, 6.07) is 11.5. The first-order valence-electron chi connectivity index (χ1n) is 8.89. The minimum atomic E-state index is -4.91. The van der Waals surface area contributed by atoms with E-state index >= 15 is 0 Å². The van der Waals surface area contributed by atoms with Gasteiger partial charge in [-0.1, -0.05) is 41.9 Å². The van der Waals surface area contributed by atoms with E-state index in [-0.39, 0.29) is 22.6 Å². The molecule has 0 fully saturated rings. The number of anilines is 1. The van der Waals surface area contributed by atoms with Gasteiger partial charge in [-0.25, -0.2) is 9.79 Å². The topological polar surface area (TPSA) is 88.8 Å². The number of nitrogens with zero attached hydrogens (tertiary/aromatic N) is 2. The number of methoxy groups -OCH3 is 1. The van der Waals surface area contributed by atoms with Crippen LogP contribution in [0.25, 0.3) is 11.1 Å². The molecular formula is C20H14ClF3N4O3. The maximum atomic E-state index is 13.9. The van der Waals surface area contributed by atoms with Crippen LogP contribution in [0.5, 0.6) is 0 Å². The van der Waals surface area contributed by atoms with Crippen molar-refractivity contribution in [1.29, 1.82) is 0 Å². The van der Waals surface area contributed by atoms with Gasteiger partial charge in [-0.15, -0.1) is 0 Å². The average molecular weight is 451 g/mol. The Morgan fingerprint density at radius 1 is 1.19 bits per heavy atom. The van der Waals surface area contributed by atoms with Gasteiger partial charge in [0.2, 0.25) is 5.96 Å². The Kier molecular flexibility index (Phi) is 5.32. The molecule has 2 aromatic carbocycles. The molecule has 0 bridgehead atoms. The number of carbonyl (C=O) groups is 1. The van der Waals surface area contributed by atoms with Crippen LogP contribution < -0.4 is 10.6 Å². The predicted octanol–water partition coefficient (Wildman–Crippen LogP) is 4.58. The number of esters is 1. The number of alkyl halides is 3. The molecule has 0 spiro atoms. The lowest BCUT2D eigenvalue weighted by Gasteiger charge is -2.28. The number of para-hydroxylation sites is 2. The van der Waals surface area contributed by atoms with Gasteiger partial charge >= 0.3 is 18.2 Å². The Labute approximate surface area is 178 Å². The molecule has 0 saturated heterocycles. The van der Waals surface area contributed by atoms with E-state index in [2.05, 4.69) is 25.3 Å². The van der Waals surface area contributed by atoms with Gasteiger partial charge in [-0.3, -0.25) is 5.32 Å². The highest BCUT2D eigenvalue weighted by Gasteiger charge is 2.45. The Balaban J connectivity index is 1.82. The molecule has 11 heteroatoms. The van der Waals surface area contributed by atoms with E-state index < -0.39 is 29.5 Å². The summed E-state index contributed by atoms with van der Waals surface area (Å²) in [5.41, 5.74) is -0.898. The van der Waals surface area contributed by atoms with Gasteiger partial charge in [0.1, 0.15) is 17.3 Å². The number of carbonyl (C=O) groups excluding carboxylic acids is 1. The third-order valence-electron chi connectivity index (χ3n) is 4.45. The van der Waals surface area contributed by atoms with Crippen LogP contribution in [0.3, 0.4) is 0 Å². The molecule has 0 aliphatic carbocycles. The van der Waals surface area contributed by atoms with E-state index in [9.17, 15) is 18.0 Å². The Bertz CT molecular complexity index is 1190. The fourth-order valence-electron chi connectivity index (χ4n) is 3.11.